The number of benzene rings is 9. The predicted octanol–water partition coefficient (Wildman–Crippen LogP) is 15.7. The van der Waals surface area contributed by atoms with Crippen LogP contribution in [0.25, 0.3) is 56.7 Å². The van der Waals surface area contributed by atoms with E-state index in [1.807, 2.05) is 0 Å². The van der Waals surface area contributed by atoms with Gasteiger partial charge in [0.1, 0.15) is 11.5 Å². The standard InChI is InChI=1S/C60H41NO/c1-59(2)51-25-12-7-20-44(51)45-34-32-41(37-54(45)59)61(40-33-35-57-48(36-40)43-19-6-5-18-42(43)46-21-9-14-29-56(46)62-57)55-28-15-27-53-58(55)47-22-8-13-26-52(47)60(53)49-23-10-3-16-38(49)30-31-39-17-4-11-24-50(39)60/h3-37H,1-2H3. The summed E-state index contributed by atoms with van der Waals surface area (Å²) < 4.78 is 6.80. The molecule has 2 heteroatoms. The van der Waals surface area contributed by atoms with Crippen molar-refractivity contribution >= 4 is 29.2 Å². The van der Waals surface area contributed by atoms with Crippen LogP contribution in [0.4, 0.5) is 17.1 Å². The van der Waals surface area contributed by atoms with E-state index >= 15 is 0 Å². The number of hydrogen-bond donors (Lipinski definition) is 0. The monoisotopic (exact) mass is 791 g/mol. The molecule has 0 atom stereocenters. The molecule has 0 amide bonds. The van der Waals surface area contributed by atoms with Crippen LogP contribution < -0.4 is 9.64 Å². The predicted molar refractivity (Wildman–Crippen MR) is 256 cm³/mol. The first-order chi connectivity index (χ1) is 30.5. The third-order valence-electron chi connectivity index (χ3n) is 14.1. The summed E-state index contributed by atoms with van der Waals surface area (Å²) in [4.78, 5) is 2.52. The Morgan fingerprint density at radius 2 is 0.871 bits per heavy atom. The lowest BCUT2D eigenvalue weighted by Crippen LogP contribution is -2.30. The molecule has 2 nitrogen and oxygen atoms in total. The minimum atomic E-state index is -0.543. The van der Waals surface area contributed by atoms with Crippen molar-refractivity contribution in [1.82, 2.24) is 0 Å². The molecule has 0 saturated heterocycles. The van der Waals surface area contributed by atoms with Gasteiger partial charge in [-0.1, -0.05) is 184 Å². The Kier molecular flexibility index (Phi) is 7.31. The van der Waals surface area contributed by atoms with Crippen LogP contribution in [-0.2, 0) is 10.8 Å². The summed E-state index contributed by atoms with van der Waals surface area (Å²) in [5.74, 6) is 1.71. The van der Waals surface area contributed by atoms with Crippen molar-refractivity contribution in [2.75, 3.05) is 4.90 Å². The quantitative estimate of drug-likeness (QED) is 0.177. The van der Waals surface area contributed by atoms with E-state index in [2.05, 4.69) is 231 Å². The van der Waals surface area contributed by atoms with Crippen LogP contribution in [0, 0.1) is 0 Å². The second-order valence-electron chi connectivity index (χ2n) is 17.6. The van der Waals surface area contributed by atoms with Crippen LogP contribution in [0.1, 0.15) is 58.4 Å². The number of para-hydroxylation sites is 1. The first-order valence-corrected chi connectivity index (χ1v) is 21.7. The first-order valence-electron chi connectivity index (χ1n) is 21.7. The van der Waals surface area contributed by atoms with Gasteiger partial charge in [-0.05, 0) is 115 Å². The van der Waals surface area contributed by atoms with E-state index in [9.17, 15) is 0 Å². The van der Waals surface area contributed by atoms with Gasteiger partial charge in [-0.3, -0.25) is 0 Å². The molecule has 0 fully saturated rings. The average Bonchev–Trinajstić information content (AvgIpc) is 3.60. The molecule has 1 aliphatic heterocycles. The van der Waals surface area contributed by atoms with E-state index in [1.165, 1.54) is 72.3 Å². The van der Waals surface area contributed by atoms with Gasteiger partial charge >= 0.3 is 0 Å². The Morgan fingerprint density at radius 1 is 0.355 bits per heavy atom. The van der Waals surface area contributed by atoms with Gasteiger partial charge in [0, 0.05) is 33.5 Å². The number of anilines is 3. The normalized spacial score (nSPS) is 14.6. The molecule has 62 heavy (non-hydrogen) atoms. The molecule has 0 radical (unpaired) electrons. The maximum absolute atomic E-state index is 6.80. The van der Waals surface area contributed by atoms with Crippen molar-refractivity contribution in [2.45, 2.75) is 24.7 Å². The first kappa shape index (κ1) is 35.1. The van der Waals surface area contributed by atoms with Crippen LogP contribution in [0.15, 0.2) is 200 Å². The molecule has 0 aromatic heterocycles. The second kappa shape index (κ2) is 12.9. The van der Waals surface area contributed by atoms with Gasteiger partial charge in [0.15, 0.2) is 0 Å². The summed E-state index contributed by atoms with van der Waals surface area (Å²) in [6, 6.07) is 74.0. The number of hydrogen-bond acceptors (Lipinski definition) is 2. The average molecular weight is 792 g/mol. The topological polar surface area (TPSA) is 12.5 Å². The van der Waals surface area contributed by atoms with Gasteiger partial charge in [-0.15, -0.1) is 0 Å². The fourth-order valence-corrected chi connectivity index (χ4v) is 11.4. The van der Waals surface area contributed by atoms with Crippen LogP contribution in [-0.4, -0.2) is 0 Å². The Bertz CT molecular complexity index is 3330. The van der Waals surface area contributed by atoms with E-state index in [1.54, 1.807) is 0 Å². The number of ether oxygens (including phenoxy) is 1. The summed E-state index contributed by atoms with van der Waals surface area (Å²) in [6.07, 6.45) is 4.61. The molecule has 0 unspecified atom stereocenters. The lowest BCUT2D eigenvalue weighted by molar-refractivity contribution is 0.488. The number of rotatable bonds is 3. The van der Waals surface area contributed by atoms with Gasteiger partial charge < -0.3 is 9.64 Å². The van der Waals surface area contributed by atoms with Crippen molar-refractivity contribution in [3.05, 3.63) is 245 Å². The van der Waals surface area contributed by atoms with Crippen LogP contribution in [0.3, 0.4) is 0 Å². The maximum atomic E-state index is 6.80. The van der Waals surface area contributed by atoms with Crippen LogP contribution in [0.5, 0.6) is 11.5 Å². The molecule has 3 aliphatic carbocycles. The Hall–Kier alpha value is -7.68. The molecular formula is C60H41NO. The van der Waals surface area contributed by atoms with Crippen molar-refractivity contribution in [3.63, 3.8) is 0 Å². The largest absolute Gasteiger partial charge is 0.456 e. The van der Waals surface area contributed by atoms with Gasteiger partial charge in [0.2, 0.25) is 0 Å². The molecule has 9 aromatic carbocycles. The highest BCUT2D eigenvalue weighted by Crippen LogP contribution is 2.62. The summed E-state index contributed by atoms with van der Waals surface area (Å²) in [5, 5.41) is 0. The van der Waals surface area contributed by atoms with E-state index in [0.29, 0.717) is 0 Å². The van der Waals surface area contributed by atoms with Crippen molar-refractivity contribution < 1.29 is 4.74 Å². The molecule has 292 valence electrons. The summed E-state index contributed by atoms with van der Waals surface area (Å²) in [5.41, 5.74) is 22.6. The number of fused-ring (bicyclic) bond motifs is 17. The summed E-state index contributed by atoms with van der Waals surface area (Å²) >= 11 is 0. The zero-order valence-electron chi connectivity index (χ0n) is 34.6. The highest BCUT2D eigenvalue weighted by Gasteiger charge is 2.49. The molecule has 1 spiro atoms. The van der Waals surface area contributed by atoms with Crippen molar-refractivity contribution in [1.29, 1.82) is 0 Å². The van der Waals surface area contributed by atoms with Crippen molar-refractivity contribution in [2.24, 2.45) is 0 Å². The molecule has 4 aliphatic rings. The molecule has 0 bridgehead atoms. The second-order valence-corrected chi connectivity index (χ2v) is 17.6. The van der Waals surface area contributed by atoms with E-state index in [4.69, 9.17) is 4.74 Å². The van der Waals surface area contributed by atoms with Gasteiger partial charge in [-0.2, -0.15) is 0 Å². The van der Waals surface area contributed by atoms with E-state index in [-0.39, 0.29) is 5.41 Å². The molecule has 0 saturated carbocycles. The highest BCUT2D eigenvalue weighted by atomic mass is 16.5. The van der Waals surface area contributed by atoms with E-state index < -0.39 is 5.41 Å². The van der Waals surface area contributed by atoms with Gasteiger partial charge in [-0.25, -0.2) is 0 Å². The summed E-state index contributed by atoms with van der Waals surface area (Å²) in [6.45, 7) is 4.74. The van der Waals surface area contributed by atoms with Crippen molar-refractivity contribution in [3.8, 4) is 56.0 Å². The minimum absolute atomic E-state index is 0.171. The Morgan fingerprint density at radius 3 is 1.61 bits per heavy atom. The number of nitrogens with zero attached hydrogens (tertiary/aromatic N) is 1. The maximum Gasteiger partial charge on any atom is 0.135 e. The molecule has 1 heterocycles. The lowest BCUT2D eigenvalue weighted by Gasteiger charge is -2.36. The lowest BCUT2D eigenvalue weighted by atomic mass is 9.66. The third kappa shape index (κ3) is 4.69. The zero-order chi connectivity index (χ0) is 41.2. The highest BCUT2D eigenvalue weighted by molar-refractivity contribution is 6.01. The van der Waals surface area contributed by atoms with Gasteiger partial charge in [0.25, 0.3) is 0 Å². The molecule has 13 rings (SSSR count). The Labute approximate surface area is 362 Å². The summed E-state index contributed by atoms with van der Waals surface area (Å²) in [7, 11) is 0. The fourth-order valence-electron chi connectivity index (χ4n) is 11.4. The molecule has 0 N–H and O–H groups in total. The zero-order valence-corrected chi connectivity index (χ0v) is 34.6. The van der Waals surface area contributed by atoms with E-state index in [0.717, 1.165) is 45.3 Å². The minimum Gasteiger partial charge on any atom is -0.456 e. The van der Waals surface area contributed by atoms with Gasteiger partial charge in [0.05, 0.1) is 11.1 Å². The molecule has 9 aromatic rings. The van der Waals surface area contributed by atoms with Crippen LogP contribution in [0.2, 0.25) is 0 Å². The Balaban J connectivity index is 1.11. The fraction of sp³-hybridized carbons (Fsp3) is 0.0667. The third-order valence-corrected chi connectivity index (χ3v) is 14.1. The smallest absolute Gasteiger partial charge is 0.135 e. The van der Waals surface area contributed by atoms with Crippen LogP contribution >= 0.6 is 0 Å². The molecular weight excluding hydrogens is 751 g/mol. The SMILES string of the molecule is CC1(C)c2ccccc2-c2ccc(N(c3ccc4c(c3)-c3ccccc3-c3ccccc3O4)c3cccc4c3-c3ccccc3C43c4ccccc4C=Cc4ccccc43)cc21.